The van der Waals surface area contributed by atoms with E-state index in [1.54, 1.807) is 7.11 Å². The van der Waals surface area contributed by atoms with E-state index in [4.69, 9.17) is 10.5 Å². The lowest BCUT2D eigenvalue weighted by Crippen LogP contribution is -2.48. The minimum atomic E-state index is -0.243. The Balaban J connectivity index is 2.06. The van der Waals surface area contributed by atoms with Crippen molar-refractivity contribution in [2.75, 3.05) is 25.1 Å². The van der Waals surface area contributed by atoms with Gasteiger partial charge in [-0.05, 0) is 36.8 Å². The molecule has 4 heteroatoms. The second kappa shape index (κ2) is 7.14. The van der Waals surface area contributed by atoms with Crippen LogP contribution in [0.25, 0.3) is 0 Å². The number of ether oxygens (including phenoxy) is 1. The Kier molecular flexibility index (Phi) is 5.48. The summed E-state index contributed by atoms with van der Waals surface area (Å²) in [6.45, 7) is 5.94. The summed E-state index contributed by atoms with van der Waals surface area (Å²) in [5.74, 6) is 1.61. The SMILES string of the molecule is COc1cccc(N2CC(N)CC(CC(O)C(C)C)C2)c1. The summed E-state index contributed by atoms with van der Waals surface area (Å²) in [6, 6.07) is 8.26. The Morgan fingerprint density at radius 3 is 2.81 bits per heavy atom. The fourth-order valence-electron chi connectivity index (χ4n) is 3.05. The maximum atomic E-state index is 10.1. The number of anilines is 1. The first-order chi connectivity index (χ1) is 9.99. The van der Waals surface area contributed by atoms with Crippen LogP contribution < -0.4 is 15.4 Å². The largest absolute Gasteiger partial charge is 0.497 e. The molecule has 118 valence electrons. The molecule has 1 aromatic carbocycles. The van der Waals surface area contributed by atoms with Gasteiger partial charge in [-0.15, -0.1) is 0 Å². The smallest absolute Gasteiger partial charge is 0.120 e. The number of hydrogen-bond acceptors (Lipinski definition) is 4. The van der Waals surface area contributed by atoms with Gasteiger partial charge < -0.3 is 20.5 Å². The molecule has 3 N–H and O–H groups in total. The first-order valence-corrected chi connectivity index (χ1v) is 7.82. The predicted molar refractivity (Wildman–Crippen MR) is 86.8 cm³/mol. The van der Waals surface area contributed by atoms with Crippen molar-refractivity contribution in [2.24, 2.45) is 17.6 Å². The van der Waals surface area contributed by atoms with Crippen LogP contribution in [0.15, 0.2) is 24.3 Å². The molecule has 0 amide bonds. The van der Waals surface area contributed by atoms with Crippen molar-refractivity contribution in [3.8, 4) is 5.75 Å². The van der Waals surface area contributed by atoms with Crippen molar-refractivity contribution in [1.29, 1.82) is 0 Å². The van der Waals surface area contributed by atoms with Crippen LogP contribution in [0, 0.1) is 11.8 Å². The van der Waals surface area contributed by atoms with E-state index in [1.807, 2.05) is 18.2 Å². The van der Waals surface area contributed by atoms with Crippen LogP contribution in [-0.2, 0) is 0 Å². The van der Waals surface area contributed by atoms with Gasteiger partial charge in [0.1, 0.15) is 5.75 Å². The number of methoxy groups -OCH3 is 1. The Morgan fingerprint density at radius 1 is 1.38 bits per heavy atom. The summed E-state index contributed by atoms with van der Waals surface area (Å²) in [7, 11) is 1.68. The van der Waals surface area contributed by atoms with Crippen molar-refractivity contribution in [3.05, 3.63) is 24.3 Å². The van der Waals surface area contributed by atoms with Crippen LogP contribution >= 0.6 is 0 Å². The molecule has 0 bridgehead atoms. The standard InChI is InChI=1S/C17H28N2O2/c1-12(2)17(20)8-13-7-14(18)11-19(10-13)15-5-4-6-16(9-15)21-3/h4-6,9,12-14,17,20H,7-8,10-11,18H2,1-3H3. The second-order valence-corrected chi connectivity index (χ2v) is 6.52. The van der Waals surface area contributed by atoms with Crippen molar-refractivity contribution in [3.63, 3.8) is 0 Å². The molecule has 0 spiro atoms. The summed E-state index contributed by atoms with van der Waals surface area (Å²) < 4.78 is 5.30. The highest BCUT2D eigenvalue weighted by atomic mass is 16.5. The number of piperidine rings is 1. The van der Waals surface area contributed by atoms with Crippen LogP contribution in [0.5, 0.6) is 5.75 Å². The van der Waals surface area contributed by atoms with E-state index in [9.17, 15) is 5.11 Å². The van der Waals surface area contributed by atoms with Crippen molar-refractivity contribution < 1.29 is 9.84 Å². The van der Waals surface area contributed by atoms with Gasteiger partial charge >= 0.3 is 0 Å². The third kappa shape index (κ3) is 4.35. The molecule has 1 saturated heterocycles. The molecule has 1 aliphatic heterocycles. The van der Waals surface area contributed by atoms with E-state index in [-0.39, 0.29) is 12.1 Å². The summed E-state index contributed by atoms with van der Waals surface area (Å²) in [5, 5.41) is 10.1. The van der Waals surface area contributed by atoms with Gasteiger partial charge in [0.25, 0.3) is 0 Å². The maximum absolute atomic E-state index is 10.1. The zero-order chi connectivity index (χ0) is 15.4. The molecule has 0 aliphatic carbocycles. The number of aliphatic hydroxyl groups excluding tert-OH is 1. The van der Waals surface area contributed by atoms with Gasteiger partial charge in [-0.25, -0.2) is 0 Å². The van der Waals surface area contributed by atoms with Gasteiger partial charge in [0.15, 0.2) is 0 Å². The zero-order valence-corrected chi connectivity index (χ0v) is 13.3. The van der Waals surface area contributed by atoms with Crippen LogP contribution in [0.3, 0.4) is 0 Å². The molecule has 2 rings (SSSR count). The molecule has 4 nitrogen and oxygen atoms in total. The van der Waals surface area contributed by atoms with Crippen LogP contribution in [0.4, 0.5) is 5.69 Å². The van der Waals surface area contributed by atoms with Crippen LogP contribution in [0.2, 0.25) is 0 Å². The summed E-state index contributed by atoms with van der Waals surface area (Å²) in [5.41, 5.74) is 7.37. The van der Waals surface area contributed by atoms with E-state index in [1.165, 1.54) is 0 Å². The van der Waals surface area contributed by atoms with Gasteiger partial charge in [-0.2, -0.15) is 0 Å². The molecule has 3 atom stereocenters. The fraction of sp³-hybridized carbons (Fsp3) is 0.647. The highest BCUT2D eigenvalue weighted by molar-refractivity contribution is 5.51. The molecule has 3 unspecified atom stereocenters. The topological polar surface area (TPSA) is 58.7 Å². The fourth-order valence-corrected chi connectivity index (χ4v) is 3.05. The lowest BCUT2D eigenvalue weighted by molar-refractivity contribution is 0.0922. The lowest BCUT2D eigenvalue weighted by Gasteiger charge is -2.39. The summed E-state index contributed by atoms with van der Waals surface area (Å²) in [4.78, 5) is 2.31. The van der Waals surface area contributed by atoms with Crippen molar-refractivity contribution in [1.82, 2.24) is 0 Å². The Hall–Kier alpha value is -1.26. The number of rotatable bonds is 5. The number of aliphatic hydroxyl groups is 1. The first-order valence-electron chi connectivity index (χ1n) is 7.82. The van der Waals surface area contributed by atoms with Crippen molar-refractivity contribution >= 4 is 5.69 Å². The third-order valence-electron chi connectivity index (χ3n) is 4.33. The van der Waals surface area contributed by atoms with Gasteiger partial charge in [0, 0.05) is 30.9 Å². The van der Waals surface area contributed by atoms with Crippen molar-refractivity contribution in [2.45, 2.75) is 38.8 Å². The lowest BCUT2D eigenvalue weighted by atomic mass is 9.87. The van der Waals surface area contributed by atoms with Gasteiger partial charge in [-0.1, -0.05) is 19.9 Å². The average molecular weight is 292 g/mol. The minimum Gasteiger partial charge on any atom is -0.497 e. The average Bonchev–Trinajstić information content (AvgIpc) is 2.46. The third-order valence-corrected chi connectivity index (χ3v) is 4.33. The molecule has 21 heavy (non-hydrogen) atoms. The molecule has 1 aromatic rings. The Bertz CT molecular complexity index is 450. The van der Waals surface area contributed by atoms with Crippen LogP contribution in [-0.4, -0.2) is 37.5 Å². The molecule has 0 saturated carbocycles. The van der Waals surface area contributed by atoms with Gasteiger partial charge in [0.05, 0.1) is 13.2 Å². The summed E-state index contributed by atoms with van der Waals surface area (Å²) in [6.07, 6.45) is 1.57. The quantitative estimate of drug-likeness (QED) is 0.874. The van der Waals surface area contributed by atoms with E-state index >= 15 is 0 Å². The number of nitrogens with two attached hydrogens (primary N) is 1. The maximum Gasteiger partial charge on any atom is 0.120 e. The minimum absolute atomic E-state index is 0.161. The molecule has 1 heterocycles. The molecule has 0 aromatic heterocycles. The number of benzene rings is 1. The van der Waals surface area contributed by atoms with Gasteiger partial charge in [-0.3, -0.25) is 0 Å². The predicted octanol–water partition coefficient (Wildman–Crippen LogP) is 2.26. The Morgan fingerprint density at radius 2 is 2.14 bits per heavy atom. The Labute approximate surface area is 127 Å². The highest BCUT2D eigenvalue weighted by Gasteiger charge is 2.27. The van der Waals surface area contributed by atoms with E-state index in [0.29, 0.717) is 11.8 Å². The first kappa shape index (κ1) is 16.1. The second-order valence-electron chi connectivity index (χ2n) is 6.52. The van der Waals surface area contributed by atoms with E-state index in [2.05, 4.69) is 24.8 Å². The number of nitrogens with zero attached hydrogens (tertiary/aromatic N) is 1. The molecular formula is C17H28N2O2. The molecule has 0 radical (unpaired) electrons. The zero-order valence-electron chi connectivity index (χ0n) is 13.3. The normalized spacial score (nSPS) is 24.2. The van der Waals surface area contributed by atoms with E-state index in [0.717, 1.165) is 37.4 Å². The van der Waals surface area contributed by atoms with Gasteiger partial charge in [0.2, 0.25) is 0 Å². The monoisotopic (exact) mass is 292 g/mol. The number of hydrogen-bond donors (Lipinski definition) is 2. The van der Waals surface area contributed by atoms with E-state index < -0.39 is 0 Å². The molecule has 1 aliphatic rings. The molecule has 1 fully saturated rings. The molecular weight excluding hydrogens is 264 g/mol. The van der Waals surface area contributed by atoms with Crippen LogP contribution in [0.1, 0.15) is 26.7 Å². The highest BCUT2D eigenvalue weighted by Crippen LogP contribution is 2.28. The summed E-state index contributed by atoms with van der Waals surface area (Å²) >= 11 is 0.